The van der Waals surface area contributed by atoms with Crippen LogP contribution in [0.3, 0.4) is 0 Å². The predicted molar refractivity (Wildman–Crippen MR) is 129 cm³/mol. The summed E-state index contributed by atoms with van der Waals surface area (Å²) in [5.74, 6) is 2.27. The van der Waals surface area contributed by atoms with Crippen LogP contribution in [0.25, 0.3) is 5.69 Å². The second kappa shape index (κ2) is 9.56. The number of benzene rings is 2. The number of nitrogens with zero attached hydrogens (tertiary/aromatic N) is 5. The highest BCUT2D eigenvalue weighted by Gasteiger charge is 2.35. The van der Waals surface area contributed by atoms with Crippen molar-refractivity contribution in [3.05, 3.63) is 90.1 Å². The van der Waals surface area contributed by atoms with Gasteiger partial charge in [-0.05, 0) is 61.0 Å². The third-order valence-corrected chi connectivity index (χ3v) is 6.51. The van der Waals surface area contributed by atoms with Gasteiger partial charge in [-0.25, -0.2) is 5.01 Å². The van der Waals surface area contributed by atoms with Crippen molar-refractivity contribution in [2.45, 2.75) is 24.5 Å². The SMILES string of the molecule is COc1ccc(C2=NN(C(=O)CSc3nnc(C)n3-c3ccccc3)C(c3ccco3)C2)cc1. The highest BCUT2D eigenvalue weighted by molar-refractivity contribution is 7.99. The summed E-state index contributed by atoms with van der Waals surface area (Å²) in [4.78, 5) is 13.3. The van der Waals surface area contributed by atoms with E-state index in [2.05, 4.69) is 10.2 Å². The summed E-state index contributed by atoms with van der Waals surface area (Å²) in [6.45, 7) is 1.89. The molecule has 1 unspecified atom stereocenters. The van der Waals surface area contributed by atoms with E-state index in [0.717, 1.165) is 28.5 Å². The first kappa shape index (κ1) is 22.0. The van der Waals surface area contributed by atoms with Crippen LogP contribution in [0.4, 0.5) is 0 Å². The third kappa shape index (κ3) is 4.34. The van der Waals surface area contributed by atoms with Gasteiger partial charge in [0.05, 0.1) is 24.8 Å². The van der Waals surface area contributed by atoms with Gasteiger partial charge in [0.1, 0.15) is 23.4 Å². The zero-order chi connectivity index (χ0) is 23.5. The van der Waals surface area contributed by atoms with E-state index in [-0.39, 0.29) is 17.7 Å². The number of para-hydroxylation sites is 1. The van der Waals surface area contributed by atoms with Gasteiger partial charge in [0.25, 0.3) is 5.91 Å². The van der Waals surface area contributed by atoms with Gasteiger partial charge < -0.3 is 9.15 Å². The third-order valence-electron chi connectivity index (χ3n) is 5.60. The van der Waals surface area contributed by atoms with Crippen molar-refractivity contribution in [2.24, 2.45) is 5.10 Å². The molecule has 1 amide bonds. The lowest BCUT2D eigenvalue weighted by molar-refractivity contribution is -0.130. The molecule has 0 N–H and O–H groups in total. The maximum absolute atomic E-state index is 13.3. The standard InChI is InChI=1S/C25H23N5O3S/c1-17-26-27-25(29(17)19-7-4-3-5-8-19)34-16-24(31)30-22(23-9-6-14-33-23)15-21(28-30)18-10-12-20(32-2)13-11-18/h3-14,22H,15-16H2,1-2H3. The second-order valence-electron chi connectivity index (χ2n) is 7.74. The number of thioether (sulfide) groups is 1. The molecule has 1 atom stereocenters. The molecule has 0 saturated heterocycles. The average Bonchev–Trinajstić information content (AvgIpc) is 3.63. The fourth-order valence-corrected chi connectivity index (χ4v) is 4.75. The van der Waals surface area contributed by atoms with Gasteiger partial charge in [-0.2, -0.15) is 5.10 Å². The molecule has 0 spiro atoms. The van der Waals surface area contributed by atoms with Gasteiger partial charge in [-0.1, -0.05) is 30.0 Å². The van der Waals surface area contributed by atoms with Crippen molar-refractivity contribution < 1.29 is 13.9 Å². The Bertz CT molecular complexity index is 1300. The normalized spacial score (nSPS) is 15.4. The topological polar surface area (TPSA) is 85.8 Å². The summed E-state index contributed by atoms with van der Waals surface area (Å²) in [6.07, 6.45) is 2.18. The highest BCUT2D eigenvalue weighted by atomic mass is 32.2. The molecule has 2 aromatic heterocycles. The number of carbonyl (C=O) groups excluding carboxylic acids is 1. The minimum atomic E-state index is -0.297. The van der Waals surface area contributed by atoms with E-state index in [1.54, 1.807) is 13.4 Å². The van der Waals surface area contributed by atoms with E-state index in [9.17, 15) is 4.79 Å². The van der Waals surface area contributed by atoms with E-state index in [4.69, 9.17) is 14.3 Å². The molecule has 4 aromatic rings. The molecule has 172 valence electrons. The molecule has 2 aromatic carbocycles. The van der Waals surface area contributed by atoms with E-state index >= 15 is 0 Å². The van der Waals surface area contributed by atoms with Crippen LogP contribution in [-0.2, 0) is 4.79 Å². The lowest BCUT2D eigenvalue weighted by Crippen LogP contribution is -2.28. The number of hydrogen-bond donors (Lipinski definition) is 0. The van der Waals surface area contributed by atoms with Crippen molar-refractivity contribution in [3.63, 3.8) is 0 Å². The van der Waals surface area contributed by atoms with Crippen molar-refractivity contribution in [1.82, 2.24) is 19.8 Å². The molecule has 3 heterocycles. The quantitative estimate of drug-likeness (QED) is 0.363. The minimum absolute atomic E-state index is 0.129. The van der Waals surface area contributed by atoms with Gasteiger partial charge >= 0.3 is 0 Å². The zero-order valence-corrected chi connectivity index (χ0v) is 19.6. The summed E-state index contributed by atoms with van der Waals surface area (Å²) in [5, 5.41) is 15.4. The number of hydrazone groups is 1. The lowest BCUT2D eigenvalue weighted by Gasteiger charge is -2.19. The fourth-order valence-electron chi connectivity index (χ4n) is 3.90. The Hall–Kier alpha value is -3.85. The highest BCUT2D eigenvalue weighted by Crippen LogP contribution is 2.34. The molecule has 5 rings (SSSR count). The molecule has 9 heteroatoms. The first-order valence-corrected chi connectivity index (χ1v) is 11.8. The van der Waals surface area contributed by atoms with Crippen LogP contribution in [0.2, 0.25) is 0 Å². The molecule has 0 aliphatic carbocycles. The average molecular weight is 474 g/mol. The molecule has 0 radical (unpaired) electrons. The largest absolute Gasteiger partial charge is 0.497 e. The zero-order valence-electron chi connectivity index (χ0n) is 18.8. The van der Waals surface area contributed by atoms with Gasteiger partial charge in [0.2, 0.25) is 0 Å². The number of aromatic nitrogens is 3. The number of ether oxygens (including phenoxy) is 1. The summed E-state index contributed by atoms with van der Waals surface area (Å²) in [5.41, 5.74) is 2.72. The fraction of sp³-hybridized carbons (Fsp3) is 0.200. The van der Waals surface area contributed by atoms with Crippen LogP contribution in [0.1, 0.15) is 29.6 Å². The predicted octanol–water partition coefficient (Wildman–Crippen LogP) is 4.65. The number of carbonyl (C=O) groups is 1. The van der Waals surface area contributed by atoms with Crippen LogP contribution < -0.4 is 4.74 Å². The summed E-state index contributed by atoms with van der Waals surface area (Å²) in [6, 6.07) is 20.9. The molecule has 0 bridgehead atoms. The van der Waals surface area contributed by atoms with Gasteiger partial charge in [0, 0.05) is 12.1 Å². The summed E-state index contributed by atoms with van der Waals surface area (Å²) < 4.78 is 12.8. The molecule has 34 heavy (non-hydrogen) atoms. The van der Waals surface area contributed by atoms with Crippen molar-refractivity contribution in [2.75, 3.05) is 12.9 Å². The van der Waals surface area contributed by atoms with E-state index in [1.807, 2.05) is 78.2 Å². The van der Waals surface area contributed by atoms with Crippen LogP contribution in [-0.4, -0.2) is 44.3 Å². The first-order valence-electron chi connectivity index (χ1n) is 10.8. The van der Waals surface area contributed by atoms with E-state index in [0.29, 0.717) is 17.3 Å². The molecule has 1 aliphatic heterocycles. The van der Waals surface area contributed by atoms with Crippen LogP contribution in [0.15, 0.2) is 87.7 Å². The van der Waals surface area contributed by atoms with Crippen LogP contribution in [0.5, 0.6) is 5.75 Å². The number of furan rings is 1. The maximum Gasteiger partial charge on any atom is 0.253 e. The molecular formula is C25H23N5O3S. The van der Waals surface area contributed by atoms with Crippen molar-refractivity contribution in [3.8, 4) is 11.4 Å². The van der Waals surface area contributed by atoms with E-state index in [1.165, 1.54) is 16.8 Å². The second-order valence-corrected chi connectivity index (χ2v) is 8.68. The Morgan fingerprint density at radius 1 is 1.09 bits per heavy atom. The first-order chi connectivity index (χ1) is 16.6. The number of amides is 1. The molecule has 0 fully saturated rings. The minimum Gasteiger partial charge on any atom is -0.497 e. The Labute approximate surface area is 201 Å². The summed E-state index contributed by atoms with van der Waals surface area (Å²) >= 11 is 1.34. The molecule has 0 saturated carbocycles. The van der Waals surface area contributed by atoms with Crippen molar-refractivity contribution in [1.29, 1.82) is 0 Å². The Morgan fingerprint density at radius 2 is 1.88 bits per heavy atom. The molecular weight excluding hydrogens is 450 g/mol. The number of methoxy groups -OCH3 is 1. The summed E-state index contributed by atoms with van der Waals surface area (Å²) in [7, 11) is 1.63. The smallest absolute Gasteiger partial charge is 0.253 e. The van der Waals surface area contributed by atoms with Crippen LogP contribution in [0, 0.1) is 6.92 Å². The Morgan fingerprint density at radius 3 is 2.59 bits per heavy atom. The lowest BCUT2D eigenvalue weighted by atomic mass is 10.0. The maximum atomic E-state index is 13.3. The van der Waals surface area contributed by atoms with Gasteiger partial charge in [-0.15, -0.1) is 10.2 Å². The van der Waals surface area contributed by atoms with Gasteiger partial charge in [-0.3, -0.25) is 9.36 Å². The van der Waals surface area contributed by atoms with E-state index < -0.39 is 0 Å². The molecule has 1 aliphatic rings. The number of hydrogen-bond acceptors (Lipinski definition) is 7. The number of rotatable bonds is 7. The number of aryl methyl sites for hydroxylation is 1. The monoisotopic (exact) mass is 473 g/mol. The van der Waals surface area contributed by atoms with Gasteiger partial charge in [0.15, 0.2) is 5.16 Å². The molecule has 8 nitrogen and oxygen atoms in total. The van der Waals surface area contributed by atoms with Crippen molar-refractivity contribution >= 4 is 23.4 Å². The Balaban J connectivity index is 1.37. The Kier molecular flexibility index (Phi) is 6.18. The van der Waals surface area contributed by atoms with Crippen LogP contribution >= 0.6 is 11.8 Å².